The van der Waals surface area contributed by atoms with Crippen molar-refractivity contribution in [2.24, 2.45) is 11.8 Å². The Balaban J connectivity index is 1.53. The van der Waals surface area contributed by atoms with Crippen LogP contribution in [-0.2, 0) is 0 Å². The molecular formula is C16H31N3. The third-order valence-corrected chi connectivity index (χ3v) is 5.56. The quantitative estimate of drug-likeness (QED) is 0.836. The predicted molar refractivity (Wildman–Crippen MR) is 80.4 cm³/mol. The van der Waals surface area contributed by atoms with E-state index in [1.807, 2.05) is 0 Å². The second-order valence-corrected chi connectivity index (χ2v) is 7.11. The monoisotopic (exact) mass is 265 g/mol. The van der Waals surface area contributed by atoms with Crippen LogP contribution >= 0.6 is 0 Å². The molecule has 2 saturated heterocycles. The van der Waals surface area contributed by atoms with Gasteiger partial charge in [0, 0.05) is 31.7 Å². The number of rotatable bonds is 4. The molecule has 0 radical (unpaired) electrons. The lowest BCUT2D eigenvalue weighted by atomic mass is 9.94. The molecule has 0 spiro atoms. The molecule has 3 fully saturated rings. The van der Waals surface area contributed by atoms with E-state index in [0.717, 1.165) is 23.9 Å². The van der Waals surface area contributed by atoms with Crippen LogP contribution in [0.2, 0.25) is 0 Å². The van der Waals surface area contributed by atoms with Crippen LogP contribution < -0.4 is 5.32 Å². The van der Waals surface area contributed by atoms with Crippen molar-refractivity contribution in [3.63, 3.8) is 0 Å². The lowest BCUT2D eigenvalue weighted by Crippen LogP contribution is -2.58. The SMILES string of the molecule is CCC1CNC(C2CC2)CN1CC1CCN(C)CC1. The number of nitrogens with one attached hydrogen (secondary N) is 1. The molecule has 19 heavy (non-hydrogen) atoms. The van der Waals surface area contributed by atoms with E-state index in [9.17, 15) is 0 Å². The van der Waals surface area contributed by atoms with Crippen LogP contribution in [0.3, 0.4) is 0 Å². The number of hydrogen-bond donors (Lipinski definition) is 1. The highest BCUT2D eigenvalue weighted by molar-refractivity contribution is 4.94. The fraction of sp³-hybridized carbons (Fsp3) is 1.00. The summed E-state index contributed by atoms with van der Waals surface area (Å²) in [6.07, 6.45) is 7.06. The zero-order valence-corrected chi connectivity index (χ0v) is 12.8. The van der Waals surface area contributed by atoms with Crippen molar-refractivity contribution in [3.8, 4) is 0 Å². The average molecular weight is 265 g/mol. The summed E-state index contributed by atoms with van der Waals surface area (Å²) in [4.78, 5) is 5.31. The van der Waals surface area contributed by atoms with E-state index >= 15 is 0 Å². The first-order valence-electron chi connectivity index (χ1n) is 8.42. The largest absolute Gasteiger partial charge is 0.311 e. The van der Waals surface area contributed by atoms with Crippen LogP contribution in [-0.4, -0.2) is 61.7 Å². The smallest absolute Gasteiger partial charge is 0.0224 e. The second kappa shape index (κ2) is 6.11. The molecule has 3 nitrogen and oxygen atoms in total. The first kappa shape index (κ1) is 13.8. The minimum absolute atomic E-state index is 0.787. The highest BCUT2D eigenvalue weighted by Gasteiger charge is 2.37. The molecule has 0 aromatic heterocycles. The molecular weight excluding hydrogens is 234 g/mol. The Kier molecular flexibility index (Phi) is 4.45. The van der Waals surface area contributed by atoms with Crippen LogP contribution in [0.25, 0.3) is 0 Å². The molecule has 0 bridgehead atoms. The van der Waals surface area contributed by atoms with Gasteiger partial charge in [-0.05, 0) is 64.1 Å². The van der Waals surface area contributed by atoms with Crippen LogP contribution in [0.15, 0.2) is 0 Å². The van der Waals surface area contributed by atoms with E-state index in [1.165, 1.54) is 64.8 Å². The van der Waals surface area contributed by atoms with E-state index in [0.29, 0.717) is 0 Å². The zero-order chi connectivity index (χ0) is 13.2. The molecule has 2 unspecified atom stereocenters. The van der Waals surface area contributed by atoms with Gasteiger partial charge in [-0.3, -0.25) is 4.90 Å². The van der Waals surface area contributed by atoms with Gasteiger partial charge in [0.15, 0.2) is 0 Å². The molecule has 3 rings (SSSR count). The normalized spacial score (nSPS) is 35.7. The molecule has 3 aliphatic rings. The standard InChI is InChI=1S/C16H31N3/c1-3-15-10-17-16(14-4-5-14)12-19(15)11-13-6-8-18(2)9-7-13/h13-17H,3-12H2,1-2H3. The number of hydrogen-bond acceptors (Lipinski definition) is 3. The highest BCUT2D eigenvalue weighted by Crippen LogP contribution is 2.34. The van der Waals surface area contributed by atoms with E-state index in [-0.39, 0.29) is 0 Å². The fourth-order valence-electron chi connectivity index (χ4n) is 3.90. The van der Waals surface area contributed by atoms with Gasteiger partial charge in [-0.2, -0.15) is 0 Å². The van der Waals surface area contributed by atoms with Crippen molar-refractivity contribution < 1.29 is 0 Å². The molecule has 0 aromatic carbocycles. The topological polar surface area (TPSA) is 18.5 Å². The van der Waals surface area contributed by atoms with Gasteiger partial charge >= 0.3 is 0 Å². The molecule has 110 valence electrons. The lowest BCUT2D eigenvalue weighted by molar-refractivity contribution is 0.0821. The molecule has 1 aliphatic carbocycles. The zero-order valence-electron chi connectivity index (χ0n) is 12.8. The highest BCUT2D eigenvalue weighted by atomic mass is 15.2. The molecule has 2 heterocycles. The van der Waals surface area contributed by atoms with Gasteiger partial charge < -0.3 is 10.2 Å². The van der Waals surface area contributed by atoms with Crippen molar-refractivity contribution in [2.45, 2.75) is 51.1 Å². The molecule has 0 aromatic rings. The molecule has 2 aliphatic heterocycles. The molecule has 2 atom stereocenters. The van der Waals surface area contributed by atoms with Gasteiger partial charge in [-0.1, -0.05) is 6.92 Å². The molecule has 1 N–H and O–H groups in total. The Morgan fingerprint density at radius 3 is 2.47 bits per heavy atom. The third kappa shape index (κ3) is 3.50. The summed E-state index contributed by atoms with van der Waals surface area (Å²) in [6.45, 7) is 8.86. The second-order valence-electron chi connectivity index (χ2n) is 7.11. The molecule has 1 saturated carbocycles. The fourth-order valence-corrected chi connectivity index (χ4v) is 3.90. The predicted octanol–water partition coefficient (Wildman–Crippen LogP) is 1.79. The van der Waals surface area contributed by atoms with Crippen molar-refractivity contribution in [1.82, 2.24) is 15.1 Å². The number of piperazine rings is 1. The van der Waals surface area contributed by atoms with E-state index < -0.39 is 0 Å². The Morgan fingerprint density at radius 1 is 1.11 bits per heavy atom. The third-order valence-electron chi connectivity index (χ3n) is 5.56. The average Bonchev–Trinajstić information content (AvgIpc) is 3.26. The summed E-state index contributed by atoms with van der Waals surface area (Å²) >= 11 is 0. The van der Waals surface area contributed by atoms with Gasteiger partial charge in [0.05, 0.1) is 0 Å². The number of piperidine rings is 1. The van der Waals surface area contributed by atoms with Crippen LogP contribution in [0, 0.1) is 11.8 Å². The number of nitrogens with zero attached hydrogens (tertiary/aromatic N) is 2. The van der Waals surface area contributed by atoms with Gasteiger partial charge in [-0.15, -0.1) is 0 Å². The van der Waals surface area contributed by atoms with Gasteiger partial charge in [0.2, 0.25) is 0 Å². The Labute approximate surface area is 118 Å². The summed E-state index contributed by atoms with van der Waals surface area (Å²) in [5.74, 6) is 1.95. The maximum absolute atomic E-state index is 3.81. The van der Waals surface area contributed by atoms with E-state index in [2.05, 4.69) is 29.1 Å². The summed E-state index contributed by atoms with van der Waals surface area (Å²) in [5.41, 5.74) is 0. The maximum atomic E-state index is 3.81. The summed E-state index contributed by atoms with van der Waals surface area (Å²) in [6, 6.07) is 1.59. The Hall–Kier alpha value is -0.120. The first-order valence-corrected chi connectivity index (χ1v) is 8.42. The van der Waals surface area contributed by atoms with Crippen LogP contribution in [0.4, 0.5) is 0 Å². The van der Waals surface area contributed by atoms with Gasteiger partial charge in [0.1, 0.15) is 0 Å². The van der Waals surface area contributed by atoms with Crippen molar-refractivity contribution >= 4 is 0 Å². The summed E-state index contributed by atoms with van der Waals surface area (Å²) < 4.78 is 0. The van der Waals surface area contributed by atoms with Crippen molar-refractivity contribution in [2.75, 3.05) is 39.8 Å². The molecule has 3 heteroatoms. The van der Waals surface area contributed by atoms with E-state index in [4.69, 9.17) is 0 Å². The van der Waals surface area contributed by atoms with Crippen LogP contribution in [0.5, 0.6) is 0 Å². The van der Waals surface area contributed by atoms with Crippen molar-refractivity contribution in [3.05, 3.63) is 0 Å². The number of likely N-dealkylation sites (tertiary alicyclic amines) is 1. The minimum Gasteiger partial charge on any atom is -0.311 e. The first-order chi connectivity index (χ1) is 9.26. The molecule has 0 amide bonds. The summed E-state index contributed by atoms with van der Waals surface area (Å²) in [7, 11) is 2.26. The minimum atomic E-state index is 0.787. The lowest BCUT2D eigenvalue weighted by Gasteiger charge is -2.43. The van der Waals surface area contributed by atoms with Gasteiger partial charge in [-0.25, -0.2) is 0 Å². The Morgan fingerprint density at radius 2 is 1.84 bits per heavy atom. The summed E-state index contributed by atoms with van der Waals surface area (Å²) in [5, 5.41) is 3.81. The van der Waals surface area contributed by atoms with Gasteiger partial charge in [0.25, 0.3) is 0 Å². The van der Waals surface area contributed by atoms with E-state index in [1.54, 1.807) is 0 Å². The Bertz CT molecular complexity index is 282. The van der Waals surface area contributed by atoms with Crippen molar-refractivity contribution in [1.29, 1.82) is 0 Å². The maximum Gasteiger partial charge on any atom is 0.0224 e. The van der Waals surface area contributed by atoms with Crippen LogP contribution in [0.1, 0.15) is 39.0 Å².